The van der Waals surface area contributed by atoms with E-state index in [0.717, 1.165) is 30.7 Å². The number of hydrogen-bond donors (Lipinski definition) is 4. The molecule has 9 heteroatoms. The Kier molecular flexibility index (Phi) is 6.00. The second-order valence-corrected chi connectivity index (χ2v) is 7.31. The molecule has 1 aliphatic carbocycles. The van der Waals surface area contributed by atoms with Crippen LogP contribution in [0.2, 0.25) is 0 Å². The van der Waals surface area contributed by atoms with Gasteiger partial charge in [-0.25, -0.2) is 4.79 Å². The van der Waals surface area contributed by atoms with Crippen LogP contribution >= 0.6 is 11.3 Å². The molecule has 1 aliphatic rings. The molecular formula is C17H22N6O2S. The lowest BCUT2D eigenvalue weighted by Crippen LogP contribution is -2.30. The molecule has 5 N–H and O–H groups in total. The summed E-state index contributed by atoms with van der Waals surface area (Å²) in [7, 11) is 0. The maximum absolute atomic E-state index is 12.2. The molecule has 1 saturated carbocycles. The van der Waals surface area contributed by atoms with Gasteiger partial charge in [-0.15, -0.1) is 10.2 Å². The van der Waals surface area contributed by atoms with E-state index in [1.165, 1.54) is 11.3 Å². The van der Waals surface area contributed by atoms with Crippen molar-refractivity contribution in [3.8, 4) is 0 Å². The first kappa shape index (κ1) is 18.1. The summed E-state index contributed by atoms with van der Waals surface area (Å²) in [5.41, 5.74) is 6.82. The van der Waals surface area contributed by atoms with Crippen LogP contribution in [0.15, 0.2) is 24.3 Å². The van der Waals surface area contributed by atoms with E-state index in [1.807, 2.05) is 6.07 Å². The zero-order chi connectivity index (χ0) is 18.4. The quantitative estimate of drug-likeness (QED) is 0.619. The van der Waals surface area contributed by atoms with E-state index in [1.54, 1.807) is 18.2 Å². The summed E-state index contributed by atoms with van der Waals surface area (Å²) < 4.78 is 0. The van der Waals surface area contributed by atoms with Gasteiger partial charge in [0.15, 0.2) is 0 Å². The van der Waals surface area contributed by atoms with Crippen LogP contribution in [0, 0.1) is 5.92 Å². The number of carbonyl (C=O) groups is 2. The largest absolute Gasteiger partial charge is 0.374 e. The van der Waals surface area contributed by atoms with Gasteiger partial charge in [-0.2, -0.15) is 0 Å². The van der Waals surface area contributed by atoms with Crippen molar-refractivity contribution in [3.63, 3.8) is 0 Å². The Balaban J connectivity index is 1.46. The molecule has 0 spiro atoms. The third-order valence-corrected chi connectivity index (χ3v) is 5.03. The summed E-state index contributed by atoms with van der Waals surface area (Å²) in [6, 6.07) is 6.81. The van der Waals surface area contributed by atoms with Crippen LogP contribution in [-0.2, 0) is 11.2 Å². The maximum Gasteiger partial charge on any atom is 0.319 e. The van der Waals surface area contributed by atoms with Gasteiger partial charge < -0.3 is 21.7 Å². The summed E-state index contributed by atoms with van der Waals surface area (Å²) in [6.07, 6.45) is 4.70. The Hall–Kier alpha value is -2.68. The molecule has 0 radical (unpaired) electrons. The van der Waals surface area contributed by atoms with Gasteiger partial charge in [-0.1, -0.05) is 30.2 Å². The molecule has 2 aromatic rings. The number of aromatic nitrogens is 2. The van der Waals surface area contributed by atoms with Crippen LogP contribution in [0.5, 0.6) is 0 Å². The topological polar surface area (TPSA) is 122 Å². The molecule has 0 aliphatic heterocycles. The summed E-state index contributed by atoms with van der Waals surface area (Å²) in [5, 5.41) is 17.3. The maximum atomic E-state index is 12.2. The Morgan fingerprint density at radius 3 is 2.58 bits per heavy atom. The van der Waals surface area contributed by atoms with Crippen molar-refractivity contribution < 1.29 is 9.59 Å². The highest BCUT2D eigenvalue weighted by molar-refractivity contribution is 7.15. The lowest BCUT2D eigenvalue weighted by Gasteiger charge is -2.12. The summed E-state index contributed by atoms with van der Waals surface area (Å²) in [6.45, 7) is 0.429. The third kappa shape index (κ3) is 5.16. The first-order valence-electron chi connectivity index (χ1n) is 8.64. The van der Waals surface area contributed by atoms with Crippen LogP contribution in [0.1, 0.15) is 30.7 Å². The fourth-order valence-electron chi connectivity index (χ4n) is 2.93. The molecule has 1 aromatic heterocycles. The van der Waals surface area contributed by atoms with Crippen molar-refractivity contribution in [2.75, 3.05) is 22.9 Å². The molecule has 3 amide bonds. The molecule has 0 unspecified atom stereocenters. The summed E-state index contributed by atoms with van der Waals surface area (Å²) >= 11 is 1.30. The Labute approximate surface area is 155 Å². The van der Waals surface area contributed by atoms with E-state index < -0.39 is 0 Å². The van der Waals surface area contributed by atoms with Gasteiger partial charge in [0, 0.05) is 30.3 Å². The highest BCUT2D eigenvalue weighted by Crippen LogP contribution is 2.26. The molecule has 0 bridgehead atoms. The van der Waals surface area contributed by atoms with Crippen molar-refractivity contribution in [1.82, 2.24) is 15.5 Å². The van der Waals surface area contributed by atoms with Crippen molar-refractivity contribution in [2.45, 2.75) is 32.1 Å². The number of benzene rings is 1. The number of nitrogens with zero attached hydrogens (tertiary/aromatic N) is 2. The molecule has 26 heavy (non-hydrogen) atoms. The first-order chi connectivity index (χ1) is 12.6. The molecule has 1 heterocycles. The number of anilines is 3. The van der Waals surface area contributed by atoms with Crippen LogP contribution in [0.25, 0.3) is 0 Å². The van der Waals surface area contributed by atoms with Crippen molar-refractivity contribution in [3.05, 3.63) is 29.3 Å². The number of nitrogens with one attached hydrogen (secondary N) is 3. The molecule has 0 atom stereocenters. The molecule has 0 saturated heterocycles. The highest BCUT2D eigenvalue weighted by atomic mass is 32.1. The lowest BCUT2D eigenvalue weighted by molar-refractivity contribution is -0.119. The highest BCUT2D eigenvalue weighted by Gasteiger charge is 2.22. The minimum atomic E-state index is -0.318. The van der Waals surface area contributed by atoms with Gasteiger partial charge in [-0.05, 0) is 31.0 Å². The molecule has 138 valence electrons. The molecule has 8 nitrogen and oxygen atoms in total. The smallest absolute Gasteiger partial charge is 0.319 e. The fourth-order valence-corrected chi connectivity index (χ4v) is 3.54. The van der Waals surface area contributed by atoms with Crippen LogP contribution < -0.4 is 21.7 Å². The number of rotatable bonds is 6. The van der Waals surface area contributed by atoms with Gasteiger partial charge >= 0.3 is 6.03 Å². The molecular weight excluding hydrogens is 352 g/mol. The van der Waals surface area contributed by atoms with Gasteiger partial charge in [0.1, 0.15) is 5.01 Å². The summed E-state index contributed by atoms with van der Waals surface area (Å²) in [4.78, 5) is 24.2. The predicted octanol–water partition coefficient (Wildman–Crippen LogP) is 2.61. The Morgan fingerprint density at radius 2 is 1.88 bits per heavy atom. The van der Waals surface area contributed by atoms with Gasteiger partial charge in [0.25, 0.3) is 0 Å². The minimum absolute atomic E-state index is 0.0560. The first-order valence-corrected chi connectivity index (χ1v) is 9.45. The number of carbonyl (C=O) groups excluding carboxylic acids is 2. The van der Waals surface area contributed by atoms with E-state index in [4.69, 9.17) is 5.73 Å². The zero-order valence-electron chi connectivity index (χ0n) is 14.3. The average Bonchev–Trinajstić information content (AvgIpc) is 3.27. The van der Waals surface area contributed by atoms with Crippen molar-refractivity contribution in [1.29, 1.82) is 0 Å². The van der Waals surface area contributed by atoms with Gasteiger partial charge in [0.05, 0.1) is 0 Å². The Morgan fingerprint density at radius 1 is 1.15 bits per heavy atom. The van der Waals surface area contributed by atoms with Gasteiger partial charge in [0.2, 0.25) is 11.0 Å². The fraction of sp³-hybridized carbons (Fsp3) is 0.412. The van der Waals surface area contributed by atoms with Crippen molar-refractivity contribution in [2.24, 2.45) is 5.92 Å². The van der Waals surface area contributed by atoms with Crippen LogP contribution in [0.3, 0.4) is 0 Å². The molecule has 1 aromatic carbocycles. The Bertz CT molecular complexity index is 772. The van der Waals surface area contributed by atoms with Crippen molar-refractivity contribution >= 4 is 39.8 Å². The average molecular weight is 374 g/mol. The van der Waals surface area contributed by atoms with E-state index in [9.17, 15) is 9.59 Å². The summed E-state index contributed by atoms with van der Waals surface area (Å²) in [5.74, 6) is 0.157. The van der Waals surface area contributed by atoms with E-state index in [0.29, 0.717) is 29.5 Å². The second-order valence-electron chi connectivity index (χ2n) is 6.22. The van der Waals surface area contributed by atoms with E-state index in [-0.39, 0.29) is 17.9 Å². The predicted molar refractivity (Wildman–Crippen MR) is 102 cm³/mol. The molecule has 1 fully saturated rings. The standard InChI is InChI=1S/C17H22N6O2S/c18-16-23-22-14(26-16)8-9-19-17(25)21-13-7-3-6-12(10-13)20-15(24)11-4-1-2-5-11/h3,6-7,10-11H,1-2,4-5,8-9H2,(H2,18,23)(H,20,24)(H2,19,21,25). The second kappa shape index (κ2) is 8.61. The number of hydrogen-bond acceptors (Lipinski definition) is 6. The lowest BCUT2D eigenvalue weighted by atomic mass is 10.1. The van der Waals surface area contributed by atoms with Gasteiger partial charge in [-0.3, -0.25) is 4.79 Å². The minimum Gasteiger partial charge on any atom is -0.374 e. The van der Waals surface area contributed by atoms with Crippen LogP contribution in [0.4, 0.5) is 21.3 Å². The SMILES string of the molecule is Nc1nnc(CCNC(=O)Nc2cccc(NC(=O)C3CCCC3)c2)s1. The zero-order valence-corrected chi connectivity index (χ0v) is 15.1. The monoisotopic (exact) mass is 374 g/mol. The van der Waals surface area contributed by atoms with Crippen LogP contribution in [-0.4, -0.2) is 28.7 Å². The number of urea groups is 1. The van der Waals surface area contributed by atoms with E-state index in [2.05, 4.69) is 26.1 Å². The number of amides is 3. The number of nitrogens with two attached hydrogens (primary N) is 1. The molecule has 3 rings (SSSR count). The normalized spacial score (nSPS) is 14.2. The third-order valence-electron chi connectivity index (χ3n) is 4.22. The van der Waals surface area contributed by atoms with E-state index >= 15 is 0 Å². The number of nitrogen functional groups attached to an aromatic ring is 1.